The molecule has 2 heterocycles. The van der Waals surface area contributed by atoms with Gasteiger partial charge in [-0.3, -0.25) is 9.78 Å². The number of nitrogens with one attached hydrogen (secondary N) is 1. The van der Waals surface area contributed by atoms with Crippen LogP contribution in [-0.2, 0) is 11.4 Å². The number of hydrogen-bond acceptors (Lipinski definition) is 5. The predicted octanol–water partition coefficient (Wildman–Crippen LogP) is 2.37. The Hall–Kier alpha value is -2.99. The second kappa shape index (κ2) is 6.19. The number of anilines is 1. The molecule has 3 aromatic rings. The second-order valence-electron chi connectivity index (χ2n) is 4.53. The number of para-hydroxylation sites is 2. The maximum atomic E-state index is 11.9. The van der Waals surface area contributed by atoms with Crippen LogP contribution in [0.1, 0.15) is 11.5 Å². The van der Waals surface area contributed by atoms with Crippen molar-refractivity contribution >= 4 is 28.8 Å². The van der Waals surface area contributed by atoms with Crippen LogP contribution in [0.4, 0.5) is 5.69 Å². The highest BCUT2D eigenvalue weighted by atomic mass is 16.3. The van der Waals surface area contributed by atoms with Gasteiger partial charge in [-0.25, -0.2) is 4.98 Å². The predicted molar refractivity (Wildman–Crippen MR) is 81.8 cm³/mol. The number of aromatic nitrogens is 2. The van der Waals surface area contributed by atoms with E-state index in [-0.39, 0.29) is 12.5 Å². The molecular formula is C16H13N3O3. The molecule has 0 bridgehead atoms. The number of rotatable bonds is 4. The third-order valence-corrected chi connectivity index (χ3v) is 3.03. The monoisotopic (exact) mass is 295 g/mol. The van der Waals surface area contributed by atoms with Crippen LogP contribution in [-0.4, -0.2) is 21.0 Å². The second-order valence-corrected chi connectivity index (χ2v) is 4.53. The summed E-state index contributed by atoms with van der Waals surface area (Å²) in [6.45, 7) is -0.174. The van der Waals surface area contributed by atoms with E-state index in [1.54, 1.807) is 12.3 Å². The van der Waals surface area contributed by atoms with Crippen molar-refractivity contribution in [1.29, 1.82) is 0 Å². The zero-order valence-electron chi connectivity index (χ0n) is 11.6. The van der Waals surface area contributed by atoms with Crippen LogP contribution >= 0.6 is 0 Å². The topological polar surface area (TPSA) is 88.3 Å². The molecule has 2 aromatic heterocycles. The van der Waals surface area contributed by atoms with Crippen LogP contribution in [0.2, 0.25) is 0 Å². The molecule has 0 saturated heterocycles. The van der Waals surface area contributed by atoms with E-state index < -0.39 is 0 Å². The lowest BCUT2D eigenvalue weighted by molar-refractivity contribution is -0.111. The van der Waals surface area contributed by atoms with Gasteiger partial charge in [0, 0.05) is 23.9 Å². The first-order valence-electron chi connectivity index (χ1n) is 6.64. The van der Waals surface area contributed by atoms with Gasteiger partial charge in [0.25, 0.3) is 0 Å². The number of aliphatic hydroxyl groups excluding tert-OH is 1. The van der Waals surface area contributed by atoms with E-state index in [0.717, 1.165) is 5.52 Å². The molecule has 0 aliphatic rings. The van der Waals surface area contributed by atoms with Gasteiger partial charge in [0.05, 0.1) is 18.5 Å². The van der Waals surface area contributed by atoms with Crippen molar-refractivity contribution in [3.63, 3.8) is 0 Å². The van der Waals surface area contributed by atoms with Gasteiger partial charge in [-0.1, -0.05) is 12.1 Å². The van der Waals surface area contributed by atoms with Crippen LogP contribution in [0.5, 0.6) is 0 Å². The molecule has 6 heteroatoms. The van der Waals surface area contributed by atoms with Crippen LogP contribution in [0.15, 0.2) is 53.2 Å². The molecule has 22 heavy (non-hydrogen) atoms. The van der Waals surface area contributed by atoms with Crippen LogP contribution in [0.25, 0.3) is 17.2 Å². The lowest BCUT2D eigenvalue weighted by Crippen LogP contribution is -2.10. The van der Waals surface area contributed by atoms with E-state index >= 15 is 0 Å². The minimum absolute atomic E-state index is 0.174. The van der Waals surface area contributed by atoms with E-state index in [4.69, 9.17) is 4.42 Å². The van der Waals surface area contributed by atoms with Crippen molar-refractivity contribution in [2.75, 3.05) is 5.32 Å². The fraction of sp³-hybridized carbons (Fsp3) is 0.0625. The molecule has 0 spiro atoms. The van der Waals surface area contributed by atoms with Crippen molar-refractivity contribution in [3.05, 3.63) is 60.3 Å². The van der Waals surface area contributed by atoms with E-state index in [1.165, 1.54) is 18.3 Å². The maximum absolute atomic E-state index is 11.9. The minimum Gasteiger partial charge on any atom is -0.437 e. The van der Waals surface area contributed by atoms with Gasteiger partial charge in [-0.2, -0.15) is 0 Å². The summed E-state index contributed by atoms with van der Waals surface area (Å²) in [5.74, 6) is -0.00475. The summed E-state index contributed by atoms with van der Waals surface area (Å²) in [6.07, 6.45) is 5.84. The third kappa shape index (κ3) is 3.02. The number of carbonyl (C=O) groups is 1. The highest BCUT2D eigenvalue weighted by Crippen LogP contribution is 2.16. The molecule has 2 N–H and O–H groups in total. The highest BCUT2D eigenvalue weighted by Gasteiger charge is 2.05. The summed E-state index contributed by atoms with van der Waals surface area (Å²) in [7, 11) is 0. The van der Waals surface area contributed by atoms with Crippen molar-refractivity contribution in [3.8, 4) is 0 Å². The number of hydrogen-bond donors (Lipinski definition) is 2. The number of oxazole rings is 1. The molecule has 110 valence electrons. The summed E-state index contributed by atoms with van der Waals surface area (Å²) in [4.78, 5) is 20.0. The molecule has 0 atom stereocenters. The largest absolute Gasteiger partial charge is 0.437 e. The van der Waals surface area contributed by atoms with Crippen molar-refractivity contribution in [1.82, 2.24) is 9.97 Å². The first kappa shape index (κ1) is 14.0. The third-order valence-electron chi connectivity index (χ3n) is 3.03. The zero-order chi connectivity index (χ0) is 15.4. The first-order valence-corrected chi connectivity index (χ1v) is 6.64. The van der Waals surface area contributed by atoms with Gasteiger partial charge in [-0.15, -0.1) is 0 Å². The number of pyridine rings is 1. The molecule has 1 aromatic carbocycles. The molecule has 0 fully saturated rings. The zero-order valence-corrected chi connectivity index (χ0v) is 11.6. The Morgan fingerprint density at radius 3 is 3.00 bits per heavy atom. The quantitative estimate of drug-likeness (QED) is 0.721. The number of benzene rings is 1. The van der Waals surface area contributed by atoms with E-state index in [2.05, 4.69) is 15.3 Å². The Bertz CT molecular complexity index is 806. The Labute approximate surface area is 126 Å². The van der Waals surface area contributed by atoms with Crippen LogP contribution in [0, 0.1) is 0 Å². The SMILES string of the molecule is O=C(/C=C/c1nc2ccccc2o1)Nc1cnccc1CO. The van der Waals surface area contributed by atoms with Gasteiger partial charge >= 0.3 is 0 Å². The average Bonchev–Trinajstić information content (AvgIpc) is 2.96. The highest BCUT2D eigenvalue weighted by molar-refractivity contribution is 6.02. The lowest BCUT2D eigenvalue weighted by Gasteiger charge is -2.05. The standard InChI is InChI=1S/C16H13N3O3/c20-10-11-7-8-17-9-13(11)18-15(21)5-6-16-19-12-3-1-2-4-14(12)22-16/h1-9,20H,10H2,(H,18,21)/b6-5+. The van der Waals surface area contributed by atoms with Crippen molar-refractivity contribution in [2.24, 2.45) is 0 Å². The molecule has 0 radical (unpaired) electrons. The Kier molecular flexibility index (Phi) is 3.93. The van der Waals surface area contributed by atoms with Crippen LogP contribution < -0.4 is 5.32 Å². The van der Waals surface area contributed by atoms with Crippen molar-refractivity contribution in [2.45, 2.75) is 6.61 Å². The first-order chi connectivity index (χ1) is 10.8. The maximum Gasteiger partial charge on any atom is 0.248 e. The lowest BCUT2D eigenvalue weighted by atomic mass is 10.2. The summed E-state index contributed by atoms with van der Waals surface area (Å²) in [5.41, 5.74) is 2.46. The minimum atomic E-state index is -0.357. The van der Waals surface area contributed by atoms with Gasteiger partial charge in [0.2, 0.25) is 11.8 Å². The molecule has 3 rings (SSSR count). The van der Waals surface area contributed by atoms with E-state index in [9.17, 15) is 9.90 Å². The molecule has 0 unspecified atom stereocenters. The van der Waals surface area contributed by atoms with Crippen LogP contribution in [0.3, 0.4) is 0 Å². The Morgan fingerprint density at radius 1 is 1.32 bits per heavy atom. The number of aliphatic hydroxyl groups is 1. The van der Waals surface area contributed by atoms with E-state index in [1.807, 2.05) is 24.3 Å². The van der Waals surface area contributed by atoms with Gasteiger partial charge < -0.3 is 14.8 Å². The smallest absolute Gasteiger partial charge is 0.248 e. The Balaban J connectivity index is 1.73. The fourth-order valence-corrected chi connectivity index (χ4v) is 1.96. The summed E-state index contributed by atoms with van der Waals surface area (Å²) < 4.78 is 5.48. The molecular weight excluding hydrogens is 282 g/mol. The van der Waals surface area contributed by atoms with E-state index in [0.29, 0.717) is 22.7 Å². The number of carbonyl (C=O) groups excluding carboxylic acids is 1. The Morgan fingerprint density at radius 2 is 2.18 bits per heavy atom. The molecule has 1 amide bonds. The average molecular weight is 295 g/mol. The van der Waals surface area contributed by atoms with Gasteiger partial charge in [0.1, 0.15) is 5.52 Å². The number of amides is 1. The van der Waals surface area contributed by atoms with Gasteiger partial charge in [0.15, 0.2) is 5.58 Å². The number of nitrogens with zero attached hydrogens (tertiary/aromatic N) is 2. The van der Waals surface area contributed by atoms with Gasteiger partial charge in [-0.05, 0) is 18.2 Å². The molecule has 6 nitrogen and oxygen atoms in total. The van der Waals surface area contributed by atoms with Crippen molar-refractivity contribution < 1.29 is 14.3 Å². The number of fused-ring (bicyclic) bond motifs is 1. The summed E-state index contributed by atoms with van der Waals surface area (Å²) >= 11 is 0. The fourth-order valence-electron chi connectivity index (χ4n) is 1.96. The summed E-state index contributed by atoms with van der Waals surface area (Å²) in [5, 5.41) is 11.8. The normalized spacial score (nSPS) is 11.1. The molecule has 0 saturated carbocycles. The molecule has 0 aliphatic heterocycles. The summed E-state index contributed by atoms with van der Waals surface area (Å²) in [6, 6.07) is 9.00. The molecule has 0 aliphatic carbocycles.